The third-order valence-electron chi connectivity index (χ3n) is 3.66. The molecule has 25 heavy (non-hydrogen) atoms. The Hall–Kier alpha value is -2.73. The van der Waals surface area contributed by atoms with E-state index < -0.39 is 0 Å². The fraction of sp³-hybridized carbons (Fsp3) is 0.263. The molecule has 0 fully saturated rings. The van der Waals surface area contributed by atoms with E-state index in [1.165, 1.54) is 29.8 Å². The summed E-state index contributed by atoms with van der Waals surface area (Å²) in [6, 6.07) is 13.6. The second-order valence-electron chi connectivity index (χ2n) is 6.13. The quantitative estimate of drug-likeness (QED) is 0.699. The van der Waals surface area contributed by atoms with Crippen LogP contribution in [0.4, 0.5) is 10.1 Å². The minimum atomic E-state index is -0.370. The molecule has 1 atom stereocenters. The van der Waals surface area contributed by atoms with Crippen molar-refractivity contribution in [3.05, 3.63) is 65.5 Å². The number of nitrogens with one attached hydrogen (secondary N) is 3. The van der Waals surface area contributed by atoms with E-state index in [0.717, 1.165) is 17.0 Å². The Bertz CT molecular complexity index is 714. The van der Waals surface area contributed by atoms with Gasteiger partial charge in [-0.1, -0.05) is 29.8 Å². The summed E-state index contributed by atoms with van der Waals surface area (Å²) in [6.45, 7) is 2.92. The molecule has 0 aliphatic heterocycles. The predicted molar refractivity (Wildman–Crippen MR) is 94.7 cm³/mol. The lowest BCUT2D eigenvalue weighted by atomic mass is 10.1. The van der Waals surface area contributed by atoms with Gasteiger partial charge in [0.1, 0.15) is 12.4 Å². The molecule has 132 valence electrons. The topological polar surface area (TPSA) is 62.6 Å². The van der Waals surface area contributed by atoms with Crippen LogP contribution in [0.25, 0.3) is 0 Å². The van der Waals surface area contributed by atoms with Gasteiger partial charge in [0.2, 0.25) is 5.91 Å². The van der Waals surface area contributed by atoms with Crippen molar-refractivity contribution in [2.75, 3.05) is 25.5 Å². The van der Waals surface area contributed by atoms with Crippen molar-refractivity contribution in [2.45, 2.75) is 13.5 Å². The summed E-state index contributed by atoms with van der Waals surface area (Å²) in [4.78, 5) is 24.8. The first-order valence-electron chi connectivity index (χ1n) is 8.11. The highest BCUT2D eigenvalue weighted by molar-refractivity contribution is 5.94. The van der Waals surface area contributed by atoms with Crippen LogP contribution < -0.4 is 15.5 Å². The number of quaternary nitrogens is 1. The van der Waals surface area contributed by atoms with Gasteiger partial charge in [0.05, 0.1) is 13.6 Å². The number of hydrogen-bond donors (Lipinski definition) is 3. The lowest BCUT2D eigenvalue weighted by Gasteiger charge is -2.14. The molecule has 0 saturated heterocycles. The van der Waals surface area contributed by atoms with Gasteiger partial charge in [0.25, 0.3) is 5.91 Å². The summed E-state index contributed by atoms with van der Waals surface area (Å²) < 4.78 is 12.8. The predicted octanol–water partition coefficient (Wildman–Crippen LogP) is 0.904. The van der Waals surface area contributed by atoms with Crippen molar-refractivity contribution in [1.82, 2.24) is 5.32 Å². The average molecular weight is 344 g/mol. The van der Waals surface area contributed by atoms with E-state index in [2.05, 4.69) is 10.6 Å². The van der Waals surface area contributed by atoms with Gasteiger partial charge in [-0.15, -0.1) is 0 Å². The molecule has 6 heteroatoms. The fourth-order valence-electron chi connectivity index (χ4n) is 2.37. The molecule has 0 aliphatic rings. The molecule has 0 aliphatic carbocycles. The highest BCUT2D eigenvalue weighted by atomic mass is 19.1. The van der Waals surface area contributed by atoms with Gasteiger partial charge in [0.15, 0.2) is 6.54 Å². The van der Waals surface area contributed by atoms with Gasteiger partial charge in [0, 0.05) is 11.3 Å². The second-order valence-corrected chi connectivity index (χ2v) is 6.13. The van der Waals surface area contributed by atoms with Crippen LogP contribution >= 0.6 is 0 Å². The highest BCUT2D eigenvalue weighted by Crippen LogP contribution is 2.07. The van der Waals surface area contributed by atoms with Gasteiger partial charge < -0.3 is 15.5 Å². The molecule has 5 nitrogen and oxygen atoms in total. The van der Waals surface area contributed by atoms with Crippen LogP contribution in [0, 0.1) is 12.7 Å². The Morgan fingerprint density at radius 3 is 2.28 bits per heavy atom. The number of carbonyl (C=O) groups is 2. The molecule has 2 aromatic rings. The number of likely N-dealkylation sites (N-methyl/N-ethyl adjacent to an activating group) is 1. The van der Waals surface area contributed by atoms with Crippen LogP contribution in [-0.4, -0.2) is 32.0 Å². The van der Waals surface area contributed by atoms with Crippen LogP contribution in [0.5, 0.6) is 0 Å². The maximum atomic E-state index is 12.8. The first kappa shape index (κ1) is 18.6. The van der Waals surface area contributed by atoms with E-state index in [1.54, 1.807) is 0 Å². The van der Waals surface area contributed by atoms with Crippen LogP contribution in [0.1, 0.15) is 11.1 Å². The summed E-state index contributed by atoms with van der Waals surface area (Å²) in [5.41, 5.74) is 2.85. The smallest absolute Gasteiger partial charge is 0.275 e. The number of aryl methyl sites for hydroxylation is 1. The third-order valence-corrected chi connectivity index (χ3v) is 3.66. The summed E-state index contributed by atoms with van der Waals surface area (Å²) in [7, 11) is 1.93. The number of carbonyl (C=O) groups excluding carboxylic acids is 2. The molecule has 0 radical (unpaired) electrons. The Morgan fingerprint density at radius 1 is 1.00 bits per heavy atom. The normalized spacial score (nSPS) is 11.6. The number of amides is 2. The summed E-state index contributed by atoms with van der Waals surface area (Å²) >= 11 is 0. The number of hydrogen-bond acceptors (Lipinski definition) is 2. The molecule has 0 heterocycles. The number of halogens is 1. The molecule has 0 saturated carbocycles. The summed E-state index contributed by atoms with van der Waals surface area (Å²) in [5, 5.41) is 5.19. The first-order valence-corrected chi connectivity index (χ1v) is 8.11. The van der Waals surface area contributed by atoms with Crippen molar-refractivity contribution >= 4 is 17.5 Å². The maximum absolute atomic E-state index is 12.8. The lowest BCUT2D eigenvalue weighted by Crippen LogP contribution is -3.08. The van der Waals surface area contributed by atoms with Gasteiger partial charge in [-0.3, -0.25) is 9.59 Å². The third kappa shape index (κ3) is 6.73. The van der Waals surface area contributed by atoms with Gasteiger partial charge in [-0.2, -0.15) is 0 Å². The maximum Gasteiger partial charge on any atom is 0.275 e. The minimum Gasteiger partial charge on any atom is -0.342 e. The molecule has 0 spiro atoms. The van der Waals surface area contributed by atoms with E-state index in [9.17, 15) is 14.0 Å². The molecular formula is C19H23FN3O2+. The van der Waals surface area contributed by atoms with E-state index in [4.69, 9.17) is 0 Å². The van der Waals surface area contributed by atoms with Crippen molar-refractivity contribution in [2.24, 2.45) is 0 Å². The van der Waals surface area contributed by atoms with Crippen LogP contribution in [-0.2, 0) is 16.1 Å². The number of anilines is 1. The Morgan fingerprint density at radius 2 is 1.64 bits per heavy atom. The van der Waals surface area contributed by atoms with E-state index >= 15 is 0 Å². The molecule has 2 amide bonds. The molecule has 0 bridgehead atoms. The zero-order chi connectivity index (χ0) is 18.2. The first-order chi connectivity index (χ1) is 11.9. The monoisotopic (exact) mass is 344 g/mol. The second kappa shape index (κ2) is 8.94. The van der Waals surface area contributed by atoms with E-state index in [0.29, 0.717) is 5.69 Å². The fourth-order valence-corrected chi connectivity index (χ4v) is 2.37. The number of rotatable bonds is 7. The molecular weight excluding hydrogens is 321 g/mol. The van der Waals surface area contributed by atoms with Crippen molar-refractivity contribution in [3.8, 4) is 0 Å². The van der Waals surface area contributed by atoms with Crippen LogP contribution in [0.15, 0.2) is 48.5 Å². The van der Waals surface area contributed by atoms with E-state index in [-0.39, 0.29) is 30.7 Å². The Balaban J connectivity index is 1.71. The lowest BCUT2D eigenvalue weighted by molar-refractivity contribution is -0.885. The summed E-state index contributed by atoms with van der Waals surface area (Å²) in [5.74, 6) is -0.916. The van der Waals surface area contributed by atoms with Gasteiger partial charge >= 0.3 is 0 Å². The van der Waals surface area contributed by atoms with Crippen LogP contribution in [0.3, 0.4) is 0 Å². The molecule has 2 aromatic carbocycles. The summed E-state index contributed by atoms with van der Waals surface area (Å²) in [6.07, 6.45) is 0. The zero-order valence-electron chi connectivity index (χ0n) is 14.4. The average Bonchev–Trinajstić information content (AvgIpc) is 2.57. The SMILES string of the molecule is Cc1ccc(C[NH+](C)CC(=O)NCC(=O)Nc2ccc(F)cc2)cc1. The minimum absolute atomic E-state index is 0.117. The van der Waals surface area contributed by atoms with Gasteiger partial charge in [-0.05, 0) is 31.2 Å². The van der Waals surface area contributed by atoms with Crippen molar-refractivity contribution in [1.29, 1.82) is 0 Å². The Kier molecular flexibility index (Phi) is 6.65. The van der Waals surface area contributed by atoms with Crippen molar-refractivity contribution in [3.63, 3.8) is 0 Å². The Labute approximate surface area is 146 Å². The largest absolute Gasteiger partial charge is 0.342 e. The van der Waals surface area contributed by atoms with Gasteiger partial charge in [-0.25, -0.2) is 4.39 Å². The molecule has 1 unspecified atom stereocenters. The van der Waals surface area contributed by atoms with Crippen molar-refractivity contribution < 1.29 is 18.9 Å². The number of benzene rings is 2. The zero-order valence-corrected chi connectivity index (χ0v) is 14.4. The molecule has 3 N–H and O–H groups in total. The van der Waals surface area contributed by atoms with Crippen LogP contribution in [0.2, 0.25) is 0 Å². The highest BCUT2D eigenvalue weighted by Gasteiger charge is 2.12. The molecule has 0 aromatic heterocycles. The van der Waals surface area contributed by atoms with E-state index in [1.807, 2.05) is 38.2 Å². The standard InChI is InChI=1S/C19H22FN3O2/c1-14-3-5-15(6-4-14)12-23(2)13-19(25)21-11-18(24)22-17-9-7-16(20)8-10-17/h3-10H,11-13H2,1-2H3,(H,21,25)(H,22,24)/p+1. The molecule has 2 rings (SSSR count).